The van der Waals surface area contributed by atoms with Crippen LogP contribution in [0.1, 0.15) is 40.2 Å². The molecule has 0 radical (unpaired) electrons. The van der Waals surface area contributed by atoms with Gasteiger partial charge in [-0.05, 0) is 43.4 Å². The van der Waals surface area contributed by atoms with Crippen LogP contribution in [0.5, 0.6) is 0 Å². The van der Waals surface area contributed by atoms with Crippen molar-refractivity contribution in [3.8, 4) is 5.69 Å². The van der Waals surface area contributed by atoms with Crippen LogP contribution in [0.4, 0.5) is 0 Å². The summed E-state index contributed by atoms with van der Waals surface area (Å²) in [5.74, 6) is -0.747. The van der Waals surface area contributed by atoms with Gasteiger partial charge in [0, 0.05) is 19.2 Å². The molecule has 1 heterocycles. The number of aryl methyl sites for hydroxylation is 1. The van der Waals surface area contributed by atoms with Gasteiger partial charge in [-0.15, -0.1) is 0 Å². The average Bonchev–Trinajstić information content (AvgIpc) is 3.18. The first kappa shape index (κ1) is 19.9. The van der Waals surface area contributed by atoms with Gasteiger partial charge in [-0.25, -0.2) is 9.48 Å². The van der Waals surface area contributed by atoms with Crippen LogP contribution in [0.15, 0.2) is 60.7 Å². The van der Waals surface area contributed by atoms with Crippen molar-refractivity contribution in [2.75, 3.05) is 13.7 Å². The predicted octanol–water partition coefficient (Wildman–Crippen LogP) is 3.57. The second-order valence-corrected chi connectivity index (χ2v) is 7.54. The van der Waals surface area contributed by atoms with Crippen molar-refractivity contribution in [1.82, 2.24) is 14.7 Å². The van der Waals surface area contributed by atoms with Crippen molar-refractivity contribution in [3.63, 3.8) is 0 Å². The SMILES string of the molecule is CN(Cc1ccccc1)C(=O)COC(=O)c1c2c(nn1-c1ccccc1)CCCC2. The maximum Gasteiger partial charge on any atom is 0.357 e. The molecule has 0 aliphatic heterocycles. The minimum Gasteiger partial charge on any atom is -0.451 e. The summed E-state index contributed by atoms with van der Waals surface area (Å²) in [4.78, 5) is 27.1. The molecule has 30 heavy (non-hydrogen) atoms. The Balaban J connectivity index is 1.49. The molecule has 0 fully saturated rings. The smallest absolute Gasteiger partial charge is 0.357 e. The number of amides is 1. The highest BCUT2D eigenvalue weighted by Gasteiger charge is 2.27. The quantitative estimate of drug-likeness (QED) is 0.591. The van der Waals surface area contributed by atoms with E-state index < -0.39 is 5.97 Å². The second kappa shape index (κ2) is 8.95. The van der Waals surface area contributed by atoms with Gasteiger partial charge in [-0.3, -0.25) is 4.79 Å². The number of fused-ring (bicyclic) bond motifs is 1. The summed E-state index contributed by atoms with van der Waals surface area (Å²) < 4.78 is 7.11. The van der Waals surface area contributed by atoms with E-state index in [-0.39, 0.29) is 12.5 Å². The van der Waals surface area contributed by atoms with Gasteiger partial charge in [0.2, 0.25) is 0 Å². The summed E-state index contributed by atoms with van der Waals surface area (Å²) >= 11 is 0. The molecule has 0 saturated carbocycles. The number of ether oxygens (including phenoxy) is 1. The Bertz CT molecular complexity index is 1030. The highest BCUT2D eigenvalue weighted by Crippen LogP contribution is 2.27. The first-order chi connectivity index (χ1) is 14.6. The maximum absolute atomic E-state index is 13.0. The molecular formula is C24H25N3O3. The Morgan fingerprint density at radius 1 is 1.00 bits per heavy atom. The molecule has 3 aromatic rings. The van der Waals surface area contributed by atoms with Gasteiger partial charge < -0.3 is 9.64 Å². The van der Waals surface area contributed by atoms with Crippen molar-refractivity contribution in [2.45, 2.75) is 32.2 Å². The fourth-order valence-electron chi connectivity index (χ4n) is 3.77. The Morgan fingerprint density at radius 2 is 1.67 bits per heavy atom. The van der Waals surface area contributed by atoms with Gasteiger partial charge >= 0.3 is 5.97 Å². The van der Waals surface area contributed by atoms with E-state index in [1.165, 1.54) is 0 Å². The number of aromatic nitrogens is 2. The lowest BCUT2D eigenvalue weighted by Crippen LogP contribution is -2.31. The first-order valence-corrected chi connectivity index (χ1v) is 10.2. The number of para-hydroxylation sites is 1. The Hall–Kier alpha value is -3.41. The number of carbonyl (C=O) groups is 2. The summed E-state index contributed by atoms with van der Waals surface area (Å²) in [6.07, 6.45) is 3.74. The molecule has 0 spiro atoms. The van der Waals surface area contributed by atoms with Gasteiger partial charge in [0.15, 0.2) is 12.3 Å². The van der Waals surface area contributed by atoms with Crippen LogP contribution in [0, 0.1) is 0 Å². The summed E-state index contributed by atoms with van der Waals surface area (Å²) in [6, 6.07) is 19.3. The van der Waals surface area contributed by atoms with Crippen LogP contribution in [0.2, 0.25) is 0 Å². The van der Waals surface area contributed by atoms with E-state index in [1.54, 1.807) is 16.6 Å². The summed E-state index contributed by atoms with van der Waals surface area (Å²) in [5, 5.41) is 4.68. The molecule has 1 aromatic heterocycles. The van der Waals surface area contributed by atoms with Gasteiger partial charge in [0.1, 0.15) is 0 Å². The molecule has 2 aromatic carbocycles. The third-order valence-corrected chi connectivity index (χ3v) is 5.37. The lowest BCUT2D eigenvalue weighted by Gasteiger charge is -2.17. The lowest BCUT2D eigenvalue weighted by molar-refractivity contribution is -0.133. The lowest BCUT2D eigenvalue weighted by atomic mass is 9.96. The van der Waals surface area contributed by atoms with Crippen LogP contribution >= 0.6 is 0 Å². The number of carbonyl (C=O) groups excluding carboxylic acids is 2. The van der Waals surface area contributed by atoms with E-state index in [2.05, 4.69) is 5.10 Å². The zero-order valence-corrected chi connectivity index (χ0v) is 17.1. The Morgan fingerprint density at radius 3 is 2.40 bits per heavy atom. The van der Waals surface area contributed by atoms with Crippen LogP contribution in [0.25, 0.3) is 5.69 Å². The van der Waals surface area contributed by atoms with Crippen LogP contribution < -0.4 is 0 Å². The fraction of sp³-hybridized carbons (Fsp3) is 0.292. The van der Waals surface area contributed by atoms with Crippen molar-refractivity contribution >= 4 is 11.9 Å². The van der Waals surface area contributed by atoms with E-state index >= 15 is 0 Å². The first-order valence-electron chi connectivity index (χ1n) is 10.2. The highest BCUT2D eigenvalue weighted by atomic mass is 16.5. The molecular weight excluding hydrogens is 378 g/mol. The number of likely N-dealkylation sites (N-methyl/N-ethyl adjacent to an activating group) is 1. The minimum atomic E-state index is -0.504. The third-order valence-electron chi connectivity index (χ3n) is 5.37. The number of nitrogens with zero attached hydrogens (tertiary/aromatic N) is 3. The molecule has 0 bridgehead atoms. The zero-order valence-electron chi connectivity index (χ0n) is 17.1. The maximum atomic E-state index is 13.0. The van der Waals surface area contributed by atoms with Crippen molar-refractivity contribution < 1.29 is 14.3 Å². The summed E-state index contributed by atoms with van der Waals surface area (Å²) in [7, 11) is 1.71. The molecule has 6 heteroatoms. The van der Waals surface area contributed by atoms with E-state index in [0.29, 0.717) is 12.2 Å². The molecule has 0 unspecified atom stereocenters. The summed E-state index contributed by atoms with van der Waals surface area (Å²) in [5.41, 5.74) is 4.17. The average molecular weight is 403 g/mol. The van der Waals surface area contributed by atoms with Crippen LogP contribution in [0.3, 0.4) is 0 Å². The van der Waals surface area contributed by atoms with Crippen LogP contribution in [-0.2, 0) is 28.9 Å². The van der Waals surface area contributed by atoms with Crippen molar-refractivity contribution in [2.24, 2.45) is 0 Å². The number of benzene rings is 2. The molecule has 0 saturated heterocycles. The van der Waals surface area contributed by atoms with Gasteiger partial charge in [0.25, 0.3) is 5.91 Å². The number of hydrogen-bond acceptors (Lipinski definition) is 4. The number of esters is 1. The monoisotopic (exact) mass is 403 g/mol. The molecule has 1 aliphatic carbocycles. The molecule has 1 aliphatic rings. The highest BCUT2D eigenvalue weighted by molar-refractivity contribution is 5.92. The number of hydrogen-bond donors (Lipinski definition) is 0. The topological polar surface area (TPSA) is 64.4 Å². The standard InChI is InChI=1S/C24H25N3O3/c1-26(16-18-10-4-2-5-11-18)22(28)17-30-24(29)23-20-14-8-9-15-21(20)25-27(23)19-12-6-3-7-13-19/h2-7,10-13H,8-9,14-17H2,1H3. The van der Waals surface area contributed by atoms with E-state index in [9.17, 15) is 9.59 Å². The largest absolute Gasteiger partial charge is 0.451 e. The summed E-state index contributed by atoms with van der Waals surface area (Å²) in [6.45, 7) is 0.172. The number of rotatable bonds is 6. The molecule has 6 nitrogen and oxygen atoms in total. The van der Waals surface area contributed by atoms with Crippen LogP contribution in [-0.4, -0.2) is 40.2 Å². The van der Waals surface area contributed by atoms with Crippen molar-refractivity contribution in [3.05, 3.63) is 83.2 Å². The molecule has 1 amide bonds. The predicted molar refractivity (Wildman–Crippen MR) is 113 cm³/mol. The minimum absolute atomic E-state index is 0.244. The second-order valence-electron chi connectivity index (χ2n) is 7.54. The van der Waals surface area contributed by atoms with E-state index in [0.717, 1.165) is 48.2 Å². The molecule has 0 atom stereocenters. The van der Waals surface area contributed by atoms with E-state index in [4.69, 9.17) is 4.74 Å². The van der Waals surface area contributed by atoms with Crippen molar-refractivity contribution in [1.29, 1.82) is 0 Å². The Labute approximate surface area is 176 Å². The van der Waals surface area contributed by atoms with Gasteiger partial charge in [-0.2, -0.15) is 5.10 Å². The molecule has 4 rings (SSSR count). The third kappa shape index (κ3) is 4.27. The normalized spacial score (nSPS) is 12.8. The molecule has 154 valence electrons. The Kier molecular flexibility index (Phi) is 5.93. The fourth-order valence-corrected chi connectivity index (χ4v) is 3.77. The zero-order chi connectivity index (χ0) is 20.9. The van der Waals surface area contributed by atoms with Gasteiger partial charge in [0.05, 0.1) is 11.4 Å². The molecule has 0 N–H and O–H groups in total. The van der Waals surface area contributed by atoms with E-state index in [1.807, 2.05) is 60.7 Å². The van der Waals surface area contributed by atoms with Gasteiger partial charge in [-0.1, -0.05) is 48.5 Å².